The molecule has 0 bridgehead atoms. The molecule has 0 N–H and O–H groups in total. The van der Waals surface area contributed by atoms with Crippen molar-refractivity contribution in [2.24, 2.45) is 5.92 Å². The van der Waals surface area contributed by atoms with Crippen LogP contribution < -0.4 is 9.47 Å². The highest BCUT2D eigenvalue weighted by molar-refractivity contribution is 6.02. The summed E-state index contributed by atoms with van der Waals surface area (Å²) < 4.78 is 11.5. The van der Waals surface area contributed by atoms with Crippen molar-refractivity contribution in [3.05, 3.63) is 89.5 Å². The van der Waals surface area contributed by atoms with Crippen LogP contribution in [-0.2, 0) is 0 Å². The highest BCUT2D eigenvalue weighted by Gasteiger charge is 2.20. The monoisotopic (exact) mass is 594 g/mol. The predicted molar refractivity (Wildman–Crippen MR) is 190 cm³/mol. The average molecular weight is 595 g/mol. The van der Waals surface area contributed by atoms with E-state index in [4.69, 9.17) is 9.47 Å². The zero-order valence-electron chi connectivity index (χ0n) is 27.7. The molecule has 0 radical (unpaired) electrons. The van der Waals surface area contributed by atoms with Crippen molar-refractivity contribution in [3.63, 3.8) is 0 Å². The number of hydrogen-bond donors (Lipinski definition) is 0. The summed E-state index contributed by atoms with van der Waals surface area (Å²) in [6, 6.07) is 20.5. The Morgan fingerprint density at radius 1 is 0.750 bits per heavy atom. The molecule has 0 aliphatic heterocycles. The van der Waals surface area contributed by atoms with Crippen LogP contribution in [0, 0.1) is 5.92 Å². The first kappa shape index (κ1) is 34.9. The van der Waals surface area contributed by atoms with Crippen molar-refractivity contribution >= 4 is 24.0 Å². The SMILES string of the molecule is C=Cc1ccc(/C=C/c2cc(OC)ccc2C(=O)C(CC)CCCC)cc1-c1ccc(OCCCCCCCCCC)cc1. The number of carbonyl (C=O) groups is 1. The topological polar surface area (TPSA) is 35.5 Å². The molecule has 3 aromatic carbocycles. The second-order valence-electron chi connectivity index (χ2n) is 11.8. The molecule has 3 nitrogen and oxygen atoms in total. The number of hydrogen-bond acceptors (Lipinski definition) is 3. The Morgan fingerprint density at radius 2 is 1.43 bits per heavy atom. The lowest BCUT2D eigenvalue weighted by molar-refractivity contribution is 0.0908. The molecule has 0 amide bonds. The Bertz CT molecular complexity index is 1320. The third-order valence-electron chi connectivity index (χ3n) is 8.48. The number of Topliss-reactive ketones (excluding diaryl/α,β-unsaturated/α-hetero) is 1. The van der Waals surface area contributed by atoms with Gasteiger partial charge in [0.05, 0.1) is 13.7 Å². The summed E-state index contributed by atoms with van der Waals surface area (Å²) in [5, 5.41) is 0. The number of unbranched alkanes of at least 4 members (excludes halogenated alkanes) is 8. The van der Waals surface area contributed by atoms with Crippen LogP contribution in [0.3, 0.4) is 0 Å². The molecule has 1 unspecified atom stereocenters. The molecular formula is C41H54O3. The van der Waals surface area contributed by atoms with Crippen molar-refractivity contribution in [1.29, 1.82) is 0 Å². The Hall–Kier alpha value is -3.59. The summed E-state index contributed by atoms with van der Waals surface area (Å²) in [7, 11) is 1.66. The van der Waals surface area contributed by atoms with Gasteiger partial charge in [0.25, 0.3) is 0 Å². The molecule has 3 rings (SSSR count). The highest BCUT2D eigenvalue weighted by atomic mass is 16.5. The van der Waals surface area contributed by atoms with Gasteiger partial charge in [-0.05, 0) is 83.5 Å². The Kier molecular flexibility index (Phi) is 15.6. The van der Waals surface area contributed by atoms with Crippen molar-refractivity contribution in [1.82, 2.24) is 0 Å². The van der Waals surface area contributed by atoms with Gasteiger partial charge in [0.1, 0.15) is 11.5 Å². The van der Waals surface area contributed by atoms with E-state index in [1.165, 1.54) is 44.9 Å². The van der Waals surface area contributed by atoms with Gasteiger partial charge in [-0.3, -0.25) is 4.79 Å². The van der Waals surface area contributed by atoms with Gasteiger partial charge in [-0.1, -0.05) is 128 Å². The third kappa shape index (κ3) is 10.8. The number of ketones is 1. The fraction of sp³-hybridized carbons (Fsp3) is 0.439. The van der Waals surface area contributed by atoms with Gasteiger partial charge in [-0.25, -0.2) is 0 Å². The van der Waals surface area contributed by atoms with Gasteiger partial charge in [-0.15, -0.1) is 0 Å². The van der Waals surface area contributed by atoms with Crippen LogP contribution in [0.5, 0.6) is 11.5 Å². The molecule has 0 heterocycles. The Labute approximate surface area is 267 Å². The summed E-state index contributed by atoms with van der Waals surface area (Å²) in [6.07, 6.45) is 20.3. The number of rotatable bonds is 21. The van der Waals surface area contributed by atoms with Crippen LogP contribution in [-0.4, -0.2) is 19.5 Å². The molecule has 236 valence electrons. The first-order valence-corrected chi connectivity index (χ1v) is 16.9. The van der Waals surface area contributed by atoms with E-state index in [-0.39, 0.29) is 11.7 Å². The van der Waals surface area contributed by atoms with Crippen LogP contribution in [0.2, 0.25) is 0 Å². The van der Waals surface area contributed by atoms with E-state index in [2.05, 4.69) is 75.9 Å². The fourth-order valence-corrected chi connectivity index (χ4v) is 5.67. The summed E-state index contributed by atoms with van der Waals surface area (Å²) in [6.45, 7) is 11.3. The maximum absolute atomic E-state index is 13.5. The molecule has 44 heavy (non-hydrogen) atoms. The quantitative estimate of drug-likeness (QED) is 0.0699. The molecule has 0 saturated heterocycles. The van der Waals surface area contributed by atoms with Crippen molar-refractivity contribution < 1.29 is 14.3 Å². The van der Waals surface area contributed by atoms with Crippen LogP contribution >= 0.6 is 0 Å². The summed E-state index contributed by atoms with van der Waals surface area (Å²) in [4.78, 5) is 13.5. The lowest BCUT2D eigenvalue weighted by Crippen LogP contribution is -2.15. The van der Waals surface area contributed by atoms with E-state index in [1.54, 1.807) is 7.11 Å². The second-order valence-corrected chi connectivity index (χ2v) is 11.8. The van der Waals surface area contributed by atoms with E-state index < -0.39 is 0 Å². The van der Waals surface area contributed by atoms with Crippen molar-refractivity contribution in [2.75, 3.05) is 13.7 Å². The van der Waals surface area contributed by atoms with Gasteiger partial charge in [0, 0.05) is 11.5 Å². The van der Waals surface area contributed by atoms with Crippen LogP contribution in [0.25, 0.3) is 29.4 Å². The normalized spacial score (nSPS) is 11.9. The molecule has 3 aromatic rings. The number of ether oxygens (including phenoxy) is 2. The molecular weight excluding hydrogens is 540 g/mol. The largest absolute Gasteiger partial charge is 0.497 e. The molecule has 0 aromatic heterocycles. The minimum atomic E-state index is 0.0428. The zero-order valence-corrected chi connectivity index (χ0v) is 27.7. The lowest BCUT2D eigenvalue weighted by Gasteiger charge is -2.16. The Balaban J connectivity index is 1.71. The summed E-state index contributed by atoms with van der Waals surface area (Å²) >= 11 is 0. The van der Waals surface area contributed by atoms with Gasteiger partial charge in [0.2, 0.25) is 0 Å². The van der Waals surface area contributed by atoms with E-state index in [1.807, 2.05) is 30.4 Å². The van der Waals surface area contributed by atoms with Crippen molar-refractivity contribution in [2.45, 2.75) is 97.8 Å². The Morgan fingerprint density at radius 3 is 2.09 bits per heavy atom. The molecule has 3 heteroatoms. The summed E-state index contributed by atoms with van der Waals surface area (Å²) in [5.41, 5.74) is 6.01. The minimum absolute atomic E-state index is 0.0428. The standard InChI is InChI=1S/C41H54O3/c1-6-10-12-13-14-15-16-17-29-44-37-25-23-35(24-26-37)40-30-32(19-21-33(40)8-3)20-22-36-31-38(43-5)27-28-39(36)41(42)34(9-4)18-11-7-2/h8,19-28,30-31,34H,3,6-7,9-18,29H2,1-2,4-5H3/b22-20+. The predicted octanol–water partition coefficient (Wildman–Crippen LogP) is 12.1. The van der Waals surface area contributed by atoms with E-state index in [9.17, 15) is 4.79 Å². The highest BCUT2D eigenvalue weighted by Crippen LogP contribution is 2.30. The third-order valence-corrected chi connectivity index (χ3v) is 8.48. The second kappa shape index (κ2) is 19.6. The zero-order chi connectivity index (χ0) is 31.6. The van der Waals surface area contributed by atoms with Gasteiger partial charge >= 0.3 is 0 Å². The first-order chi connectivity index (χ1) is 21.5. The first-order valence-electron chi connectivity index (χ1n) is 16.9. The molecule has 0 aliphatic rings. The lowest BCUT2D eigenvalue weighted by atomic mass is 9.88. The summed E-state index contributed by atoms with van der Waals surface area (Å²) in [5.74, 6) is 1.92. The molecule has 0 aliphatic carbocycles. The minimum Gasteiger partial charge on any atom is -0.497 e. The smallest absolute Gasteiger partial charge is 0.166 e. The number of methoxy groups -OCH3 is 1. The fourth-order valence-electron chi connectivity index (χ4n) is 5.67. The van der Waals surface area contributed by atoms with Crippen LogP contribution in [0.4, 0.5) is 0 Å². The van der Waals surface area contributed by atoms with Crippen LogP contribution in [0.1, 0.15) is 125 Å². The van der Waals surface area contributed by atoms with E-state index in [0.29, 0.717) is 0 Å². The van der Waals surface area contributed by atoms with Gasteiger partial charge in [-0.2, -0.15) is 0 Å². The number of benzene rings is 3. The number of carbonyl (C=O) groups excluding carboxylic acids is 1. The van der Waals surface area contributed by atoms with Crippen LogP contribution in [0.15, 0.2) is 67.2 Å². The molecule has 0 spiro atoms. The van der Waals surface area contributed by atoms with Gasteiger partial charge < -0.3 is 9.47 Å². The maximum atomic E-state index is 13.5. The molecule has 0 fully saturated rings. The van der Waals surface area contributed by atoms with Gasteiger partial charge in [0.15, 0.2) is 5.78 Å². The van der Waals surface area contributed by atoms with E-state index in [0.717, 1.165) is 83.6 Å². The maximum Gasteiger partial charge on any atom is 0.166 e. The molecule has 1 atom stereocenters. The average Bonchev–Trinajstić information content (AvgIpc) is 3.06. The van der Waals surface area contributed by atoms with E-state index >= 15 is 0 Å². The molecule has 0 saturated carbocycles. The van der Waals surface area contributed by atoms with Crippen molar-refractivity contribution in [3.8, 4) is 22.6 Å².